The molecule has 2 N–H and O–H groups in total. The van der Waals surface area contributed by atoms with Gasteiger partial charge in [0, 0.05) is 5.75 Å². The fraction of sp³-hybridized carbons (Fsp3) is 0.571. The second-order valence-corrected chi connectivity index (χ2v) is 5.83. The van der Waals surface area contributed by atoms with Crippen LogP contribution in [0.2, 0.25) is 0 Å². The maximum absolute atomic E-state index is 12.3. The molecule has 0 bridgehead atoms. The molecule has 2 rings (SSSR count). The van der Waals surface area contributed by atoms with Crippen molar-refractivity contribution >= 4 is 36.3 Å². The van der Waals surface area contributed by atoms with Crippen LogP contribution in [0.1, 0.15) is 19.8 Å². The number of hydrogen-bond donors (Lipinski definition) is 3. The molecule has 0 aromatic rings. The minimum Gasteiger partial charge on any atom is -0.480 e. The topological polar surface area (TPSA) is 104 Å². The molecule has 1 aliphatic carbocycles. The fourth-order valence-electron chi connectivity index (χ4n) is 2.80. The number of rotatable bonds is 5. The summed E-state index contributed by atoms with van der Waals surface area (Å²) in [5, 5.41) is 11.2. The predicted molar refractivity (Wildman–Crippen MR) is 80.1 cm³/mol. The minimum atomic E-state index is -1.22. The highest BCUT2D eigenvalue weighted by molar-refractivity contribution is 7.80. The first-order valence-electron chi connectivity index (χ1n) is 7.04. The third-order valence-corrected chi connectivity index (χ3v) is 4.47. The first-order chi connectivity index (χ1) is 10.4. The van der Waals surface area contributed by atoms with Crippen LogP contribution in [0, 0.1) is 11.8 Å². The predicted octanol–water partition coefficient (Wildman–Crippen LogP) is -0.175. The Morgan fingerprint density at radius 1 is 1.32 bits per heavy atom. The molecule has 1 heterocycles. The molecule has 0 saturated carbocycles. The van der Waals surface area contributed by atoms with E-state index < -0.39 is 35.8 Å². The van der Waals surface area contributed by atoms with E-state index in [4.69, 9.17) is 5.11 Å². The monoisotopic (exact) mass is 326 g/mol. The summed E-state index contributed by atoms with van der Waals surface area (Å²) in [5.74, 6) is -3.51. The molecule has 1 aliphatic heterocycles. The zero-order chi connectivity index (χ0) is 16.4. The number of amides is 3. The van der Waals surface area contributed by atoms with Crippen molar-refractivity contribution in [1.82, 2.24) is 10.2 Å². The molecular weight excluding hydrogens is 308 g/mol. The van der Waals surface area contributed by atoms with E-state index in [-0.39, 0.29) is 17.6 Å². The van der Waals surface area contributed by atoms with E-state index in [1.54, 1.807) is 0 Å². The van der Waals surface area contributed by atoms with Gasteiger partial charge in [-0.1, -0.05) is 12.2 Å². The normalized spacial score (nSPS) is 26.5. The van der Waals surface area contributed by atoms with Crippen molar-refractivity contribution in [3.8, 4) is 0 Å². The van der Waals surface area contributed by atoms with Gasteiger partial charge in [0.25, 0.3) is 0 Å². The molecule has 0 aromatic heterocycles. The standard InChI is InChI=1S/C14H18N2O5S/c1-7(11(17)15-10(6-22)14(20)21)16-12(18)8-4-2-3-5-9(8)13(16)19/h2-3,7-10,22H,4-6H2,1H3,(H,15,17)(H,20,21). The molecule has 4 unspecified atom stereocenters. The van der Waals surface area contributed by atoms with E-state index in [2.05, 4.69) is 17.9 Å². The summed E-state index contributed by atoms with van der Waals surface area (Å²) in [7, 11) is 0. The highest BCUT2D eigenvalue weighted by atomic mass is 32.1. The van der Waals surface area contributed by atoms with Crippen molar-refractivity contribution in [3.63, 3.8) is 0 Å². The zero-order valence-corrected chi connectivity index (χ0v) is 13.0. The number of carbonyl (C=O) groups excluding carboxylic acids is 3. The lowest BCUT2D eigenvalue weighted by atomic mass is 9.85. The molecule has 4 atom stereocenters. The van der Waals surface area contributed by atoms with Crippen LogP contribution < -0.4 is 5.32 Å². The van der Waals surface area contributed by atoms with Crippen molar-refractivity contribution in [3.05, 3.63) is 12.2 Å². The summed E-state index contributed by atoms with van der Waals surface area (Å²) in [6, 6.07) is -2.19. The van der Waals surface area contributed by atoms with Gasteiger partial charge in [-0.3, -0.25) is 19.3 Å². The summed E-state index contributed by atoms with van der Waals surface area (Å²) in [6.07, 6.45) is 4.72. The van der Waals surface area contributed by atoms with Gasteiger partial charge >= 0.3 is 5.97 Å². The van der Waals surface area contributed by atoms with Gasteiger partial charge in [0.15, 0.2) is 0 Å². The molecular formula is C14H18N2O5S. The number of carboxylic acid groups (broad SMARTS) is 1. The van der Waals surface area contributed by atoms with E-state index in [1.165, 1.54) is 6.92 Å². The first-order valence-corrected chi connectivity index (χ1v) is 7.67. The van der Waals surface area contributed by atoms with Crippen molar-refractivity contribution in [2.24, 2.45) is 11.8 Å². The molecule has 0 radical (unpaired) electrons. The Morgan fingerprint density at radius 2 is 1.82 bits per heavy atom. The number of hydrogen-bond acceptors (Lipinski definition) is 5. The smallest absolute Gasteiger partial charge is 0.327 e. The highest BCUT2D eigenvalue weighted by Gasteiger charge is 2.50. The highest BCUT2D eigenvalue weighted by Crippen LogP contribution is 2.36. The number of carbonyl (C=O) groups is 4. The average Bonchev–Trinajstić information content (AvgIpc) is 2.75. The Labute approximate surface area is 133 Å². The van der Waals surface area contributed by atoms with Crippen molar-refractivity contribution in [2.75, 3.05) is 5.75 Å². The molecule has 1 fully saturated rings. The van der Waals surface area contributed by atoms with E-state index in [1.807, 2.05) is 12.2 Å². The van der Waals surface area contributed by atoms with Crippen LogP contribution in [0.5, 0.6) is 0 Å². The van der Waals surface area contributed by atoms with Crippen LogP contribution in [-0.2, 0) is 19.2 Å². The number of nitrogens with zero attached hydrogens (tertiary/aromatic N) is 1. The molecule has 7 nitrogen and oxygen atoms in total. The largest absolute Gasteiger partial charge is 0.480 e. The Hall–Kier alpha value is -1.83. The van der Waals surface area contributed by atoms with Crippen LogP contribution in [0.15, 0.2) is 12.2 Å². The summed E-state index contributed by atoms with van der Waals surface area (Å²) in [5.41, 5.74) is 0. The van der Waals surface area contributed by atoms with Crippen molar-refractivity contribution in [1.29, 1.82) is 0 Å². The van der Waals surface area contributed by atoms with Gasteiger partial charge in [0.2, 0.25) is 17.7 Å². The number of thiol groups is 1. The quantitative estimate of drug-likeness (QED) is 0.369. The maximum atomic E-state index is 12.3. The Kier molecular flexibility index (Phi) is 4.90. The maximum Gasteiger partial charge on any atom is 0.327 e. The molecule has 120 valence electrons. The van der Waals surface area contributed by atoms with E-state index >= 15 is 0 Å². The molecule has 2 aliphatic rings. The van der Waals surface area contributed by atoms with Gasteiger partial charge in [-0.15, -0.1) is 0 Å². The molecule has 1 saturated heterocycles. The second-order valence-electron chi connectivity index (χ2n) is 5.46. The van der Waals surface area contributed by atoms with E-state index in [9.17, 15) is 19.2 Å². The van der Waals surface area contributed by atoms with Gasteiger partial charge in [-0.2, -0.15) is 12.6 Å². The van der Waals surface area contributed by atoms with Crippen LogP contribution in [0.4, 0.5) is 0 Å². The number of allylic oxidation sites excluding steroid dienone is 2. The third-order valence-electron chi connectivity index (χ3n) is 4.11. The Morgan fingerprint density at radius 3 is 2.23 bits per heavy atom. The number of imide groups is 1. The number of carboxylic acids is 1. The lowest BCUT2D eigenvalue weighted by Gasteiger charge is -2.23. The minimum absolute atomic E-state index is 0.0785. The Bertz CT molecular complexity index is 521. The van der Waals surface area contributed by atoms with Crippen molar-refractivity contribution < 1.29 is 24.3 Å². The SMILES string of the molecule is CC(C(=O)NC(CS)C(=O)O)N1C(=O)C2CC=CCC2C1=O. The number of aliphatic carboxylic acids is 1. The molecule has 22 heavy (non-hydrogen) atoms. The average molecular weight is 326 g/mol. The van der Waals surface area contributed by atoms with Gasteiger partial charge < -0.3 is 10.4 Å². The summed E-state index contributed by atoms with van der Waals surface area (Å²) >= 11 is 3.86. The van der Waals surface area contributed by atoms with E-state index in [0.29, 0.717) is 12.8 Å². The first kappa shape index (κ1) is 16.5. The van der Waals surface area contributed by atoms with Crippen LogP contribution in [0.3, 0.4) is 0 Å². The Balaban J connectivity index is 2.10. The number of likely N-dealkylation sites (tertiary alicyclic amines) is 1. The zero-order valence-electron chi connectivity index (χ0n) is 12.1. The lowest BCUT2D eigenvalue weighted by molar-refractivity contribution is -0.148. The molecule has 3 amide bonds. The summed E-state index contributed by atoms with van der Waals surface area (Å²) in [4.78, 5) is 48.7. The third kappa shape index (κ3) is 2.87. The summed E-state index contributed by atoms with van der Waals surface area (Å²) in [6.45, 7) is 1.42. The van der Waals surface area contributed by atoms with Crippen LogP contribution in [-0.4, -0.2) is 51.5 Å². The van der Waals surface area contributed by atoms with Gasteiger partial charge in [0.05, 0.1) is 11.8 Å². The van der Waals surface area contributed by atoms with Crippen LogP contribution >= 0.6 is 12.6 Å². The van der Waals surface area contributed by atoms with Gasteiger partial charge in [0.1, 0.15) is 12.1 Å². The van der Waals surface area contributed by atoms with Gasteiger partial charge in [-0.05, 0) is 19.8 Å². The van der Waals surface area contributed by atoms with Gasteiger partial charge in [-0.25, -0.2) is 4.79 Å². The van der Waals surface area contributed by atoms with Crippen molar-refractivity contribution in [2.45, 2.75) is 31.8 Å². The number of fused-ring (bicyclic) bond motifs is 1. The van der Waals surface area contributed by atoms with E-state index in [0.717, 1.165) is 4.90 Å². The number of nitrogens with one attached hydrogen (secondary N) is 1. The van der Waals surface area contributed by atoms with Crippen LogP contribution in [0.25, 0.3) is 0 Å². The fourth-order valence-corrected chi connectivity index (χ4v) is 3.05. The molecule has 8 heteroatoms. The lowest BCUT2D eigenvalue weighted by Crippen LogP contribution is -2.52. The molecule has 0 spiro atoms. The molecule has 0 aromatic carbocycles. The second kappa shape index (κ2) is 6.51. The summed E-state index contributed by atoms with van der Waals surface area (Å²) < 4.78 is 0.